The Morgan fingerprint density at radius 1 is 0.412 bits per heavy atom. The lowest BCUT2D eigenvalue weighted by Crippen LogP contribution is -3.11. The topological polar surface area (TPSA) is 0 Å². The second-order valence-electron chi connectivity index (χ2n) is 18.0. The maximum atomic E-state index is 8.73. The Bertz CT molecular complexity index is 726. The fourth-order valence-electron chi connectivity index (χ4n) is 7.26. The van der Waals surface area contributed by atoms with Crippen LogP contribution in [0.4, 0.5) is 0 Å². The van der Waals surface area contributed by atoms with Crippen LogP contribution in [0.15, 0.2) is 0 Å². The van der Waals surface area contributed by atoms with Crippen LogP contribution < -0.4 is 0 Å². The van der Waals surface area contributed by atoms with Crippen molar-refractivity contribution in [3.63, 3.8) is 0 Å². The molecule has 2 atom stereocenters. The second-order valence-corrected chi connectivity index (χ2v) is 97.1. The van der Waals surface area contributed by atoms with Gasteiger partial charge in [0.15, 0.2) is 0 Å². The minimum Gasteiger partial charge on any atom is -0.175 e. The highest BCUT2D eigenvalue weighted by atomic mass is 35.6. The summed E-state index contributed by atoms with van der Waals surface area (Å²) in [4.78, 5) is 0. The molecule has 9 heteroatoms. The van der Waals surface area contributed by atoms with Crippen molar-refractivity contribution in [1.29, 1.82) is 0 Å². The number of halogens is 2. The molecule has 204 valence electrons. The standard InChI is InChI=1S/C25H62Cl2Si7/c1-22(2,3)28(13,14)32(26)21-33(27,29(15,16)23(4,5)6)34(32,30(17,18)24(7,8)9)31(19,20)25(10,11)12/h21H2,1-20H3. The van der Waals surface area contributed by atoms with Crippen LogP contribution in [0.2, 0.25) is 78.2 Å². The number of hydrogen-bond acceptors (Lipinski definition) is 0. The third-order valence-corrected chi connectivity index (χ3v) is 201. The first-order valence-electron chi connectivity index (χ1n) is 13.6. The van der Waals surface area contributed by atoms with E-state index < -0.39 is 49.3 Å². The van der Waals surface area contributed by atoms with Crippen molar-refractivity contribution in [2.24, 2.45) is 0 Å². The molecule has 0 saturated carbocycles. The Morgan fingerprint density at radius 2 is 0.588 bits per heavy atom. The first kappa shape index (κ1) is 34.1. The van der Waals surface area contributed by atoms with Crippen LogP contribution in [0.3, 0.4) is 0 Å². The van der Waals surface area contributed by atoms with Gasteiger partial charge in [-0.2, -0.15) is 22.2 Å². The Balaban J connectivity index is 4.58. The molecule has 1 fully saturated rings. The fraction of sp³-hybridized carbons (Fsp3) is 1.00. The third-order valence-electron chi connectivity index (χ3n) is 13.0. The van der Waals surface area contributed by atoms with Crippen LogP contribution >= 0.6 is 22.2 Å². The molecule has 0 N–H and O–H groups in total. The van der Waals surface area contributed by atoms with Gasteiger partial charge in [-0.25, -0.2) is 0 Å². The molecular formula is C25H62Cl2Si7. The van der Waals surface area contributed by atoms with Crippen molar-refractivity contribution < 1.29 is 0 Å². The summed E-state index contributed by atoms with van der Waals surface area (Å²) < 4.78 is 0. The van der Waals surface area contributed by atoms with Crippen molar-refractivity contribution in [2.45, 2.75) is 161 Å². The Labute approximate surface area is 231 Å². The average Bonchev–Trinajstić information content (AvgIpc) is 2.48. The van der Waals surface area contributed by atoms with Crippen molar-refractivity contribution in [2.75, 3.05) is 0 Å². The van der Waals surface area contributed by atoms with E-state index in [0.29, 0.717) is 20.2 Å². The zero-order chi connectivity index (χ0) is 28.2. The lowest BCUT2D eigenvalue weighted by atomic mass is 10.2. The number of rotatable bonds is 4. The molecule has 0 radical (unpaired) electrons. The summed E-state index contributed by atoms with van der Waals surface area (Å²) in [7, 11) is -7.22. The molecule has 0 amide bonds. The van der Waals surface area contributed by atoms with E-state index >= 15 is 0 Å². The smallest absolute Gasteiger partial charge is 0.131 e. The van der Waals surface area contributed by atoms with Crippen molar-refractivity contribution in [3.05, 3.63) is 0 Å². The zero-order valence-corrected chi connectivity index (χ0v) is 35.5. The van der Waals surface area contributed by atoms with Crippen molar-refractivity contribution in [1.82, 2.24) is 0 Å². The van der Waals surface area contributed by atoms with Gasteiger partial charge in [0.25, 0.3) is 0 Å². The van der Waals surface area contributed by atoms with E-state index in [1.165, 1.54) is 5.67 Å². The molecule has 0 aromatic carbocycles. The third kappa shape index (κ3) is 3.88. The summed E-state index contributed by atoms with van der Waals surface area (Å²) in [6, 6.07) is 0. The Morgan fingerprint density at radius 3 is 0.735 bits per heavy atom. The molecular weight excluding hydrogens is 568 g/mol. The van der Waals surface area contributed by atoms with E-state index in [-0.39, 0.29) is 0 Å². The second kappa shape index (κ2) is 8.55. The van der Waals surface area contributed by atoms with Crippen molar-refractivity contribution in [3.8, 4) is 0 Å². The van der Waals surface area contributed by atoms with E-state index in [4.69, 9.17) is 22.2 Å². The van der Waals surface area contributed by atoms with Gasteiger partial charge in [0.05, 0.1) is 21.3 Å². The van der Waals surface area contributed by atoms with Gasteiger partial charge in [-0.1, -0.05) is 135 Å². The molecule has 0 bridgehead atoms. The summed E-state index contributed by atoms with van der Waals surface area (Å²) in [5.41, 5.74) is 1.33. The van der Waals surface area contributed by atoms with Gasteiger partial charge < -0.3 is 0 Å². The quantitative estimate of drug-likeness (QED) is 0.214. The van der Waals surface area contributed by atoms with Crippen molar-refractivity contribution >= 4 is 71.5 Å². The van der Waals surface area contributed by atoms with Gasteiger partial charge in [-0.05, 0) is 25.8 Å². The molecule has 34 heavy (non-hydrogen) atoms. The first-order chi connectivity index (χ1) is 14.2. The summed E-state index contributed by atoms with van der Waals surface area (Å²) in [5.74, 6) is 0. The summed E-state index contributed by atoms with van der Waals surface area (Å²) in [6.45, 7) is 53.0. The highest BCUT2D eigenvalue weighted by molar-refractivity contribution is 8.31. The SMILES string of the molecule is CC(C)(C)[Si](C)(C)[Si]1(Cl)C[Si](Cl)([Si](C)(C)C(C)(C)C)[Si]1([Si](C)(C)C(C)(C)C)[Si](C)(C)C(C)(C)C. The number of hydrogen-bond donors (Lipinski definition) is 0. The molecule has 0 aromatic rings. The fourth-order valence-corrected chi connectivity index (χ4v) is 351. The Kier molecular flexibility index (Phi) is 8.58. The predicted molar refractivity (Wildman–Crippen MR) is 183 cm³/mol. The summed E-state index contributed by atoms with van der Waals surface area (Å²) in [5, 5.41) is 1.31. The minimum atomic E-state index is -2.12. The van der Waals surface area contributed by atoms with Gasteiger partial charge in [0.2, 0.25) is 0 Å². The monoisotopic (exact) mass is 628 g/mol. The van der Waals surface area contributed by atoms with E-state index in [1.807, 2.05) is 0 Å². The molecule has 1 aliphatic heterocycles. The molecule has 0 aliphatic carbocycles. The molecule has 1 rings (SSSR count). The lowest BCUT2D eigenvalue weighted by molar-refractivity contribution is 0.724. The highest BCUT2D eigenvalue weighted by Gasteiger charge is 2.94. The van der Waals surface area contributed by atoms with Crippen LogP contribution in [0.25, 0.3) is 0 Å². The highest BCUT2D eigenvalue weighted by Crippen LogP contribution is 2.73. The zero-order valence-electron chi connectivity index (χ0n) is 27.0. The van der Waals surface area contributed by atoms with E-state index in [2.05, 4.69) is 135 Å². The first-order valence-corrected chi connectivity index (χ1v) is 40.0. The van der Waals surface area contributed by atoms with Gasteiger partial charge in [-0.3, -0.25) is 0 Å². The predicted octanol–water partition coefficient (Wildman–Crippen LogP) is 10.9. The summed E-state index contributed by atoms with van der Waals surface area (Å²) in [6.07, 6.45) is -6.29. The van der Waals surface area contributed by atoms with E-state index in [0.717, 1.165) is 0 Å². The van der Waals surface area contributed by atoms with E-state index in [1.54, 1.807) is 0 Å². The molecule has 1 aliphatic rings. The van der Waals surface area contributed by atoms with Crippen LogP contribution in [-0.2, 0) is 0 Å². The molecule has 1 heterocycles. The van der Waals surface area contributed by atoms with Gasteiger partial charge in [0, 0.05) is 15.2 Å². The van der Waals surface area contributed by atoms with Crippen LogP contribution in [-0.4, -0.2) is 49.3 Å². The molecule has 0 aromatic heterocycles. The van der Waals surface area contributed by atoms with Gasteiger partial charge in [0.1, 0.15) is 12.8 Å². The minimum absolute atomic E-state index is 0.323. The van der Waals surface area contributed by atoms with Gasteiger partial charge >= 0.3 is 0 Å². The van der Waals surface area contributed by atoms with Crippen LogP contribution in [0.5, 0.6) is 0 Å². The molecule has 2 unspecified atom stereocenters. The average molecular weight is 630 g/mol. The maximum absolute atomic E-state index is 8.73. The lowest BCUT2D eigenvalue weighted by Gasteiger charge is -2.83. The van der Waals surface area contributed by atoms with Crippen LogP contribution in [0, 0.1) is 0 Å². The molecule has 0 nitrogen and oxygen atoms in total. The van der Waals surface area contributed by atoms with E-state index in [9.17, 15) is 0 Å². The Hall–Kier alpha value is 2.10. The summed E-state index contributed by atoms with van der Waals surface area (Å²) >= 11 is 17.5. The molecule has 0 spiro atoms. The normalized spacial score (nSPS) is 28.1. The maximum Gasteiger partial charge on any atom is 0.131 e. The molecule has 1 saturated heterocycles. The van der Waals surface area contributed by atoms with Crippen LogP contribution in [0.1, 0.15) is 83.1 Å². The largest absolute Gasteiger partial charge is 0.175 e. The van der Waals surface area contributed by atoms with Gasteiger partial charge in [-0.15, -0.1) is 0 Å².